The van der Waals surface area contributed by atoms with E-state index in [1.54, 1.807) is 0 Å². The number of rotatable bonds is 6. The van der Waals surface area contributed by atoms with E-state index in [1.165, 1.54) is 0 Å². The molecule has 7 heteroatoms. The summed E-state index contributed by atoms with van der Waals surface area (Å²) in [6.07, 6.45) is 0.964. The van der Waals surface area contributed by atoms with Gasteiger partial charge in [0.2, 0.25) is 0 Å². The predicted octanol–water partition coefficient (Wildman–Crippen LogP) is 4.78. The standard InChI is InChI=1S/C17H17Br2N3O2/c1-2-5-24-16-12(18)6-10(7-13(16)19)9-20-11-3-4-14-15(8-11)22-17(23)21-14/h3-4,6-8,20H,2,5,9H2,1H3,(H2,21,22,23). The van der Waals surface area contributed by atoms with Crippen molar-refractivity contribution >= 4 is 48.6 Å². The second-order valence-corrected chi connectivity index (χ2v) is 7.14. The van der Waals surface area contributed by atoms with Gasteiger partial charge >= 0.3 is 5.69 Å². The maximum atomic E-state index is 11.3. The summed E-state index contributed by atoms with van der Waals surface area (Å²) >= 11 is 7.13. The van der Waals surface area contributed by atoms with Gasteiger partial charge in [-0.15, -0.1) is 0 Å². The molecule has 3 rings (SSSR count). The second-order valence-electron chi connectivity index (χ2n) is 5.43. The minimum atomic E-state index is -0.197. The molecular formula is C17H17Br2N3O2. The average molecular weight is 455 g/mol. The molecule has 0 spiro atoms. The van der Waals surface area contributed by atoms with Gasteiger partial charge in [0.05, 0.1) is 26.6 Å². The SMILES string of the molecule is CCCOc1c(Br)cc(CNc2ccc3[nH]c(=O)[nH]c3c2)cc1Br. The molecule has 3 N–H and O–H groups in total. The van der Waals surface area contributed by atoms with E-state index in [0.29, 0.717) is 13.2 Å². The number of anilines is 1. The average Bonchev–Trinajstić information content (AvgIpc) is 2.91. The Labute approximate surface area is 156 Å². The number of ether oxygens (including phenoxy) is 1. The van der Waals surface area contributed by atoms with Crippen LogP contribution in [0.25, 0.3) is 11.0 Å². The summed E-state index contributed by atoms with van der Waals surface area (Å²) < 4.78 is 7.58. The molecule has 0 aliphatic heterocycles. The minimum Gasteiger partial charge on any atom is -0.491 e. The van der Waals surface area contributed by atoms with Gasteiger partial charge in [0.1, 0.15) is 5.75 Å². The molecule has 5 nitrogen and oxygen atoms in total. The number of hydrogen-bond acceptors (Lipinski definition) is 3. The van der Waals surface area contributed by atoms with Crippen molar-refractivity contribution < 1.29 is 4.74 Å². The van der Waals surface area contributed by atoms with Crippen LogP contribution in [0.3, 0.4) is 0 Å². The zero-order valence-electron chi connectivity index (χ0n) is 13.1. The third-order valence-corrected chi connectivity index (χ3v) is 4.70. The van der Waals surface area contributed by atoms with Crippen LogP contribution in [0.2, 0.25) is 0 Å². The molecule has 3 aromatic rings. The lowest BCUT2D eigenvalue weighted by atomic mass is 10.2. The number of aromatic amines is 2. The van der Waals surface area contributed by atoms with Gasteiger partial charge in [-0.1, -0.05) is 6.92 Å². The molecule has 0 radical (unpaired) electrons. The molecule has 126 valence electrons. The van der Waals surface area contributed by atoms with Crippen molar-refractivity contribution in [1.29, 1.82) is 0 Å². The van der Waals surface area contributed by atoms with Crippen LogP contribution >= 0.6 is 31.9 Å². The zero-order valence-corrected chi connectivity index (χ0v) is 16.3. The Balaban J connectivity index is 1.74. The van der Waals surface area contributed by atoms with Gasteiger partial charge in [-0.3, -0.25) is 0 Å². The molecule has 0 atom stereocenters. The van der Waals surface area contributed by atoms with Crippen molar-refractivity contribution in [3.05, 3.63) is 55.3 Å². The number of aromatic nitrogens is 2. The van der Waals surface area contributed by atoms with E-state index in [2.05, 4.69) is 54.1 Å². The molecule has 0 fully saturated rings. The van der Waals surface area contributed by atoms with Crippen LogP contribution in [-0.4, -0.2) is 16.6 Å². The lowest BCUT2D eigenvalue weighted by Gasteiger charge is -2.12. The molecule has 1 aromatic heterocycles. The van der Waals surface area contributed by atoms with Crippen LogP contribution in [0.4, 0.5) is 5.69 Å². The first-order valence-electron chi connectivity index (χ1n) is 7.63. The van der Waals surface area contributed by atoms with Gasteiger partial charge in [-0.25, -0.2) is 4.79 Å². The maximum Gasteiger partial charge on any atom is 0.323 e. The van der Waals surface area contributed by atoms with E-state index < -0.39 is 0 Å². The highest BCUT2D eigenvalue weighted by Gasteiger charge is 2.09. The Morgan fingerprint density at radius 3 is 2.50 bits per heavy atom. The summed E-state index contributed by atoms with van der Waals surface area (Å²) in [6, 6.07) is 9.81. The molecule has 2 aromatic carbocycles. The third kappa shape index (κ3) is 3.84. The summed E-state index contributed by atoms with van der Waals surface area (Å²) in [4.78, 5) is 16.8. The summed E-state index contributed by atoms with van der Waals surface area (Å²) in [5.41, 5.74) is 3.44. The van der Waals surface area contributed by atoms with Crippen molar-refractivity contribution in [2.75, 3.05) is 11.9 Å². The molecule has 0 saturated carbocycles. The van der Waals surface area contributed by atoms with Crippen LogP contribution in [0.15, 0.2) is 44.1 Å². The van der Waals surface area contributed by atoms with E-state index in [4.69, 9.17) is 4.74 Å². The van der Waals surface area contributed by atoms with E-state index in [9.17, 15) is 4.79 Å². The summed E-state index contributed by atoms with van der Waals surface area (Å²) in [5, 5.41) is 3.36. The zero-order chi connectivity index (χ0) is 17.1. The fraction of sp³-hybridized carbons (Fsp3) is 0.235. The number of benzene rings is 2. The fourth-order valence-electron chi connectivity index (χ4n) is 2.40. The molecule has 1 heterocycles. The van der Waals surface area contributed by atoms with Crippen LogP contribution in [-0.2, 0) is 6.54 Å². The lowest BCUT2D eigenvalue weighted by Crippen LogP contribution is -2.02. The van der Waals surface area contributed by atoms with E-state index in [-0.39, 0.29) is 5.69 Å². The Hall–Kier alpha value is -1.73. The van der Waals surface area contributed by atoms with Crippen LogP contribution in [0.1, 0.15) is 18.9 Å². The Bertz CT molecular complexity index is 895. The van der Waals surface area contributed by atoms with Crippen LogP contribution in [0.5, 0.6) is 5.75 Å². The molecule has 0 saturated heterocycles. The van der Waals surface area contributed by atoms with Gasteiger partial charge in [0.25, 0.3) is 0 Å². The first-order chi connectivity index (χ1) is 11.6. The molecule has 0 aliphatic carbocycles. The van der Waals surface area contributed by atoms with Gasteiger partial charge < -0.3 is 20.0 Å². The summed E-state index contributed by atoms with van der Waals surface area (Å²) in [5.74, 6) is 0.826. The number of fused-ring (bicyclic) bond motifs is 1. The Kier molecular flexibility index (Phi) is 5.30. The Morgan fingerprint density at radius 2 is 1.79 bits per heavy atom. The number of imidazole rings is 1. The smallest absolute Gasteiger partial charge is 0.323 e. The largest absolute Gasteiger partial charge is 0.491 e. The quantitative estimate of drug-likeness (QED) is 0.501. The van der Waals surface area contributed by atoms with Crippen LogP contribution in [0, 0.1) is 0 Å². The molecule has 24 heavy (non-hydrogen) atoms. The van der Waals surface area contributed by atoms with Crippen LogP contribution < -0.4 is 15.7 Å². The highest BCUT2D eigenvalue weighted by Crippen LogP contribution is 2.35. The number of nitrogens with one attached hydrogen (secondary N) is 3. The minimum absolute atomic E-state index is 0.197. The number of H-pyrrole nitrogens is 2. The van der Waals surface area contributed by atoms with Crippen molar-refractivity contribution in [3.8, 4) is 5.75 Å². The molecule has 0 aliphatic rings. The fourth-order valence-corrected chi connectivity index (χ4v) is 3.91. The first kappa shape index (κ1) is 17.1. The monoisotopic (exact) mass is 453 g/mol. The number of hydrogen-bond donors (Lipinski definition) is 3. The summed E-state index contributed by atoms with van der Waals surface area (Å²) in [6.45, 7) is 3.42. The molecule has 0 amide bonds. The van der Waals surface area contributed by atoms with Crippen molar-refractivity contribution in [3.63, 3.8) is 0 Å². The van der Waals surface area contributed by atoms with Crippen molar-refractivity contribution in [2.45, 2.75) is 19.9 Å². The van der Waals surface area contributed by atoms with Gasteiger partial charge in [-0.05, 0) is 74.2 Å². The van der Waals surface area contributed by atoms with Gasteiger partial charge in [0.15, 0.2) is 0 Å². The molecular weight excluding hydrogens is 438 g/mol. The molecule has 0 bridgehead atoms. The van der Waals surface area contributed by atoms with E-state index in [0.717, 1.165) is 43.4 Å². The topological polar surface area (TPSA) is 69.9 Å². The highest BCUT2D eigenvalue weighted by molar-refractivity contribution is 9.11. The van der Waals surface area contributed by atoms with E-state index >= 15 is 0 Å². The van der Waals surface area contributed by atoms with Crippen molar-refractivity contribution in [1.82, 2.24) is 9.97 Å². The Morgan fingerprint density at radius 1 is 1.08 bits per heavy atom. The van der Waals surface area contributed by atoms with Crippen molar-refractivity contribution in [2.24, 2.45) is 0 Å². The predicted molar refractivity (Wildman–Crippen MR) is 104 cm³/mol. The normalized spacial score (nSPS) is 11.0. The third-order valence-electron chi connectivity index (χ3n) is 3.52. The second kappa shape index (κ2) is 7.44. The highest BCUT2D eigenvalue weighted by atomic mass is 79.9. The first-order valence-corrected chi connectivity index (χ1v) is 9.22. The van der Waals surface area contributed by atoms with E-state index in [1.807, 2.05) is 30.3 Å². The maximum absolute atomic E-state index is 11.3. The lowest BCUT2D eigenvalue weighted by molar-refractivity contribution is 0.313. The van der Waals surface area contributed by atoms with Gasteiger partial charge in [0, 0.05) is 12.2 Å². The van der Waals surface area contributed by atoms with Gasteiger partial charge in [-0.2, -0.15) is 0 Å². The molecule has 0 unspecified atom stereocenters. The number of halogens is 2. The summed E-state index contributed by atoms with van der Waals surface area (Å²) in [7, 11) is 0.